The van der Waals surface area contributed by atoms with E-state index in [1.807, 2.05) is 0 Å². The molecule has 1 heterocycles. The summed E-state index contributed by atoms with van der Waals surface area (Å²) in [6, 6.07) is 0. The summed E-state index contributed by atoms with van der Waals surface area (Å²) in [6.45, 7) is 5.66. The van der Waals surface area contributed by atoms with Crippen LogP contribution >= 0.6 is 0 Å². The second kappa shape index (κ2) is 7.63. The van der Waals surface area contributed by atoms with Gasteiger partial charge in [-0.05, 0) is 13.5 Å². The van der Waals surface area contributed by atoms with Crippen LogP contribution in [0.2, 0.25) is 0 Å². The minimum Gasteiger partial charge on any atom is -0.374 e. The molecule has 0 radical (unpaired) electrons. The van der Waals surface area contributed by atoms with E-state index in [9.17, 15) is 4.79 Å². The smallest absolute Gasteiger partial charge is 0.224 e. The number of carbonyl (C=O) groups is 1. The van der Waals surface area contributed by atoms with Gasteiger partial charge in [0.15, 0.2) is 0 Å². The van der Waals surface area contributed by atoms with Crippen LogP contribution in [0.15, 0.2) is 0 Å². The van der Waals surface area contributed by atoms with Crippen molar-refractivity contribution in [3.63, 3.8) is 0 Å². The van der Waals surface area contributed by atoms with Crippen LogP contribution in [0.5, 0.6) is 0 Å². The van der Waals surface area contributed by atoms with Crippen molar-refractivity contribution in [1.29, 1.82) is 0 Å². The summed E-state index contributed by atoms with van der Waals surface area (Å²) in [5.41, 5.74) is 5.59. The molecule has 0 aliphatic carbocycles. The van der Waals surface area contributed by atoms with Crippen LogP contribution in [0.1, 0.15) is 19.8 Å². The molecule has 1 saturated heterocycles. The number of carbonyl (C=O) groups excluding carboxylic acids is 1. The number of hydrogen-bond donors (Lipinski definition) is 2. The zero-order valence-corrected chi connectivity index (χ0v) is 10.9. The molecule has 1 fully saturated rings. The Hall–Kier alpha value is -0.650. The number of nitrogens with one attached hydrogen (secondary N) is 1. The van der Waals surface area contributed by atoms with Gasteiger partial charge in [-0.3, -0.25) is 4.79 Å². The Morgan fingerprint density at radius 2 is 2.41 bits per heavy atom. The molecule has 0 aromatic rings. The van der Waals surface area contributed by atoms with Crippen LogP contribution in [0.4, 0.5) is 0 Å². The zero-order chi connectivity index (χ0) is 12.7. The molecule has 0 bridgehead atoms. The maximum Gasteiger partial charge on any atom is 0.224 e. The molecule has 2 unspecified atom stereocenters. The van der Waals surface area contributed by atoms with Crippen molar-refractivity contribution in [2.45, 2.75) is 25.9 Å². The monoisotopic (exact) mass is 243 g/mol. The Labute approximate surface area is 104 Å². The van der Waals surface area contributed by atoms with E-state index in [1.165, 1.54) is 0 Å². The van der Waals surface area contributed by atoms with Gasteiger partial charge in [-0.1, -0.05) is 13.3 Å². The van der Waals surface area contributed by atoms with Crippen LogP contribution in [0, 0.1) is 5.92 Å². The van der Waals surface area contributed by atoms with Crippen molar-refractivity contribution >= 4 is 5.91 Å². The molecule has 0 spiro atoms. The molecular formula is C12H25N3O2. The predicted molar refractivity (Wildman–Crippen MR) is 67.7 cm³/mol. The standard InChI is InChI=1S/C12H25N3O2/c1-3-4-10(7-13)12(16)14-8-11-9-15(2)5-6-17-11/h10-11H,3-9,13H2,1-2H3,(H,14,16). The van der Waals surface area contributed by atoms with E-state index in [-0.39, 0.29) is 17.9 Å². The molecule has 5 nitrogen and oxygen atoms in total. The topological polar surface area (TPSA) is 67.6 Å². The van der Waals surface area contributed by atoms with Crippen LogP contribution in [-0.4, -0.2) is 56.7 Å². The summed E-state index contributed by atoms with van der Waals surface area (Å²) in [5.74, 6) is 0.00694. The molecule has 17 heavy (non-hydrogen) atoms. The normalized spacial score (nSPS) is 23.4. The number of nitrogens with zero attached hydrogens (tertiary/aromatic N) is 1. The van der Waals surface area contributed by atoms with Gasteiger partial charge in [0.05, 0.1) is 18.6 Å². The van der Waals surface area contributed by atoms with Crippen molar-refractivity contribution in [2.75, 3.05) is 39.8 Å². The van der Waals surface area contributed by atoms with Crippen LogP contribution < -0.4 is 11.1 Å². The number of likely N-dealkylation sites (N-methyl/N-ethyl adjacent to an activating group) is 1. The molecule has 2 atom stereocenters. The summed E-state index contributed by atoms with van der Waals surface area (Å²) in [4.78, 5) is 14.0. The first-order chi connectivity index (χ1) is 8.17. The van der Waals surface area contributed by atoms with Gasteiger partial charge < -0.3 is 20.7 Å². The number of rotatable bonds is 6. The van der Waals surface area contributed by atoms with Crippen molar-refractivity contribution in [2.24, 2.45) is 11.7 Å². The molecular weight excluding hydrogens is 218 g/mol. The zero-order valence-electron chi connectivity index (χ0n) is 10.9. The lowest BCUT2D eigenvalue weighted by molar-refractivity contribution is -0.126. The van der Waals surface area contributed by atoms with Crippen molar-refractivity contribution < 1.29 is 9.53 Å². The van der Waals surface area contributed by atoms with Crippen molar-refractivity contribution in [3.8, 4) is 0 Å². The molecule has 0 aromatic heterocycles. The maximum absolute atomic E-state index is 11.8. The number of nitrogens with two attached hydrogens (primary N) is 1. The first-order valence-corrected chi connectivity index (χ1v) is 6.45. The van der Waals surface area contributed by atoms with E-state index in [0.717, 1.165) is 32.5 Å². The molecule has 0 saturated carbocycles. The molecule has 0 aromatic carbocycles. The third kappa shape index (κ3) is 5.02. The second-order valence-electron chi connectivity index (χ2n) is 4.72. The van der Waals surface area contributed by atoms with Gasteiger partial charge in [0.2, 0.25) is 5.91 Å². The fourth-order valence-corrected chi connectivity index (χ4v) is 2.05. The Balaban J connectivity index is 2.26. The van der Waals surface area contributed by atoms with Crippen molar-refractivity contribution in [1.82, 2.24) is 10.2 Å². The maximum atomic E-state index is 11.8. The van der Waals surface area contributed by atoms with Crippen molar-refractivity contribution in [3.05, 3.63) is 0 Å². The van der Waals surface area contributed by atoms with Gasteiger partial charge in [-0.15, -0.1) is 0 Å². The number of morpholine rings is 1. The van der Waals surface area contributed by atoms with E-state index in [2.05, 4.69) is 24.2 Å². The highest BCUT2D eigenvalue weighted by Gasteiger charge is 2.20. The van der Waals surface area contributed by atoms with Crippen LogP contribution in [0.3, 0.4) is 0 Å². The number of ether oxygens (including phenoxy) is 1. The highest BCUT2D eigenvalue weighted by molar-refractivity contribution is 5.78. The molecule has 100 valence electrons. The highest BCUT2D eigenvalue weighted by Crippen LogP contribution is 2.06. The lowest BCUT2D eigenvalue weighted by Gasteiger charge is -2.30. The third-order valence-electron chi connectivity index (χ3n) is 3.14. The minimum absolute atomic E-state index is 0.0543. The van der Waals surface area contributed by atoms with E-state index in [4.69, 9.17) is 10.5 Å². The third-order valence-corrected chi connectivity index (χ3v) is 3.14. The fraction of sp³-hybridized carbons (Fsp3) is 0.917. The average Bonchev–Trinajstić information content (AvgIpc) is 2.33. The SMILES string of the molecule is CCCC(CN)C(=O)NCC1CN(C)CCO1. The Morgan fingerprint density at radius 3 is 3.00 bits per heavy atom. The second-order valence-corrected chi connectivity index (χ2v) is 4.72. The van der Waals surface area contributed by atoms with E-state index in [0.29, 0.717) is 13.1 Å². The van der Waals surface area contributed by atoms with E-state index < -0.39 is 0 Å². The van der Waals surface area contributed by atoms with Gasteiger partial charge in [0.1, 0.15) is 0 Å². The molecule has 3 N–H and O–H groups in total. The van der Waals surface area contributed by atoms with E-state index in [1.54, 1.807) is 0 Å². The Kier molecular flexibility index (Phi) is 6.47. The molecule has 5 heteroatoms. The quantitative estimate of drug-likeness (QED) is 0.678. The summed E-state index contributed by atoms with van der Waals surface area (Å²) < 4.78 is 5.58. The average molecular weight is 243 g/mol. The molecule has 1 rings (SSSR count). The lowest BCUT2D eigenvalue weighted by Crippen LogP contribution is -2.47. The summed E-state index contributed by atoms with van der Waals surface area (Å²) in [6.07, 6.45) is 1.95. The number of hydrogen-bond acceptors (Lipinski definition) is 4. The van der Waals surface area contributed by atoms with Gasteiger partial charge in [-0.25, -0.2) is 0 Å². The van der Waals surface area contributed by atoms with Gasteiger partial charge in [0.25, 0.3) is 0 Å². The van der Waals surface area contributed by atoms with E-state index >= 15 is 0 Å². The summed E-state index contributed by atoms with van der Waals surface area (Å²) in [7, 11) is 2.07. The molecule has 1 aliphatic rings. The summed E-state index contributed by atoms with van der Waals surface area (Å²) >= 11 is 0. The summed E-state index contributed by atoms with van der Waals surface area (Å²) in [5, 5.41) is 2.94. The fourth-order valence-electron chi connectivity index (χ4n) is 2.05. The first-order valence-electron chi connectivity index (χ1n) is 6.45. The molecule has 1 aliphatic heterocycles. The van der Waals surface area contributed by atoms with Gasteiger partial charge in [-0.2, -0.15) is 0 Å². The predicted octanol–water partition coefficient (Wildman–Crippen LogP) is -0.192. The van der Waals surface area contributed by atoms with Gasteiger partial charge in [0, 0.05) is 26.2 Å². The Bertz CT molecular complexity index is 236. The highest BCUT2D eigenvalue weighted by atomic mass is 16.5. The van der Waals surface area contributed by atoms with Gasteiger partial charge >= 0.3 is 0 Å². The lowest BCUT2D eigenvalue weighted by atomic mass is 10.0. The minimum atomic E-state index is -0.0543. The Morgan fingerprint density at radius 1 is 1.65 bits per heavy atom. The first kappa shape index (κ1) is 14.4. The van der Waals surface area contributed by atoms with Crippen LogP contribution in [0.25, 0.3) is 0 Å². The largest absolute Gasteiger partial charge is 0.374 e. The van der Waals surface area contributed by atoms with Crippen LogP contribution in [-0.2, 0) is 9.53 Å². The number of amides is 1. The molecule has 1 amide bonds.